The van der Waals surface area contributed by atoms with Crippen molar-refractivity contribution in [3.05, 3.63) is 11.1 Å². The molecule has 0 unspecified atom stereocenters. The lowest BCUT2D eigenvalue weighted by Crippen LogP contribution is -2.20. The Kier molecular flexibility index (Phi) is 6.38. The number of nitrogens with zero attached hydrogens (tertiary/aromatic N) is 3. The van der Waals surface area contributed by atoms with E-state index in [9.17, 15) is 9.59 Å². The van der Waals surface area contributed by atoms with Crippen molar-refractivity contribution in [2.75, 3.05) is 16.4 Å². The van der Waals surface area contributed by atoms with E-state index in [0.717, 1.165) is 35.8 Å². The van der Waals surface area contributed by atoms with Crippen LogP contribution in [0, 0.1) is 5.92 Å². The molecule has 0 saturated heterocycles. The number of amides is 2. The van der Waals surface area contributed by atoms with Crippen LogP contribution in [0.2, 0.25) is 0 Å². The van der Waals surface area contributed by atoms with Crippen molar-refractivity contribution in [3.8, 4) is 0 Å². The quantitative estimate of drug-likeness (QED) is 0.549. The van der Waals surface area contributed by atoms with Gasteiger partial charge in [-0.15, -0.1) is 21.5 Å². The Morgan fingerprint density at radius 1 is 1.24 bits per heavy atom. The number of thiazole rings is 1. The van der Waals surface area contributed by atoms with Crippen molar-refractivity contribution < 1.29 is 9.59 Å². The highest BCUT2D eigenvalue weighted by Gasteiger charge is 2.23. The van der Waals surface area contributed by atoms with Gasteiger partial charge >= 0.3 is 0 Å². The van der Waals surface area contributed by atoms with Crippen LogP contribution in [0.25, 0.3) is 0 Å². The maximum Gasteiger partial charge on any atom is 0.232 e. The van der Waals surface area contributed by atoms with Crippen LogP contribution in [0.3, 0.4) is 0 Å². The first-order valence-corrected chi connectivity index (χ1v) is 10.8. The highest BCUT2D eigenvalue weighted by molar-refractivity contribution is 8.01. The Morgan fingerprint density at radius 3 is 2.80 bits per heavy atom. The van der Waals surface area contributed by atoms with Gasteiger partial charge in [0.2, 0.25) is 16.9 Å². The summed E-state index contributed by atoms with van der Waals surface area (Å²) in [6.45, 7) is 2.04. The third kappa shape index (κ3) is 5.23. The molecule has 0 bridgehead atoms. The average Bonchev–Trinajstić information content (AvgIpc) is 3.30. The first-order chi connectivity index (χ1) is 12.1. The molecule has 2 heterocycles. The second kappa shape index (κ2) is 8.72. The Balaban J connectivity index is 1.49. The average molecular weight is 398 g/mol. The van der Waals surface area contributed by atoms with Crippen LogP contribution >= 0.6 is 34.4 Å². The molecule has 1 aliphatic carbocycles. The molecule has 2 aromatic heterocycles. The SMILES string of the molecule is CCSc1nnc(NC(=O)Cc2csc(NC(=O)C3CCCC3)n2)s1. The molecule has 2 aromatic rings. The monoisotopic (exact) mass is 397 g/mol. The lowest BCUT2D eigenvalue weighted by Gasteiger charge is -2.07. The van der Waals surface area contributed by atoms with Gasteiger partial charge in [0.15, 0.2) is 9.47 Å². The maximum absolute atomic E-state index is 12.1. The molecule has 0 atom stereocenters. The molecule has 3 rings (SSSR count). The van der Waals surface area contributed by atoms with Crippen molar-refractivity contribution in [1.29, 1.82) is 0 Å². The van der Waals surface area contributed by atoms with Gasteiger partial charge in [-0.1, -0.05) is 42.9 Å². The number of nitrogens with one attached hydrogen (secondary N) is 2. The van der Waals surface area contributed by atoms with Crippen molar-refractivity contribution in [2.45, 2.75) is 43.4 Å². The molecular formula is C15H19N5O2S3. The van der Waals surface area contributed by atoms with Crippen LogP contribution in [0.5, 0.6) is 0 Å². The summed E-state index contributed by atoms with van der Waals surface area (Å²) < 4.78 is 0.836. The van der Waals surface area contributed by atoms with E-state index >= 15 is 0 Å². The third-order valence-electron chi connectivity index (χ3n) is 3.77. The van der Waals surface area contributed by atoms with Gasteiger partial charge in [0.1, 0.15) is 0 Å². The zero-order valence-corrected chi connectivity index (χ0v) is 16.2. The van der Waals surface area contributed by atoms with E-state index in [1.165, 1.54) is 22.7 Å². The summed E-state index contributed by atoms with van der Waals surface area (Å²) in [4.78, 5) is 28.5. The number of carbonyl (C=O) groups is 2. The van der Waals surface area contributed by atoms with Gasteiger partial charge in [0, 0.05) is 11.3 Å². The van der Waals surface area contributed by atoms with Gasteiger partial charge in [-0.25, -0.2) is 4.98 Å². The number of anilines is 2. The fraction of sp³-hybridized carbons (Fsp3) is 0.533. The molecule has 7 nitrogen and oxygen atoms in total. The second-order valence-corrected chi connectivity index (χ2v) is 8.99. The fourth-order valence-corrected chi connectivity index (χ4v) is 4.99. The molecule has 2 N–H and O–H groups in total. The smallest absolute Gasteiger partial charge is 0.232 e. The Morgan fingerprint density at radius 2 is 2.04 bits per heavy atom. The Hall–Kier alpha value is -1.52. The van der Waals surface area contributed by atoms with E-state index in [4.69, 9.17) is 0 Å². The maximum atomic E-state index is 12.1. The van der Waals surface area contributed by atoms with E-state index in [2.05, 4.69) is 25.8 Å². The van der Waals surface area contributed by atoms with E-state index in [-0.39, 0.29) is 24.2 Å². The molecule has 0 radical (unpaired) electrons. The molecule has 10 heteroatoms. The summed E-state index contributed by atoms with van der Waals surface area (Å²) >= 11 is 4.29. The van der Waals surface area contributed by atoms with Gasteiger partial charge in [-0.05, 0) is 18.6 Å². The minimum atomic E-state index is -0.192. The van der Waals surface area contributed by atoms with Crippen LogP contribution in [0.15, 0.2) is 9.72 Å². The number of thioether (sulfide) groups is 1. The minimum Gasteiger partial charge on any atom is -0.302 e. The highest BCUT2D eigenvalue weighted by atomic mass is 32.2. The van der Waals surface area contributed by atoms with Gasteiger partial charge in [-0.3, -0.25) is 9.59 Å². The van der Waals surface area contributed by atoms with Crippen molar-refractivity contribution >= 4 is 56.5 Å². The molecule has 25 heavy (non-hydrogen) atoms. The van der Waals surface area contributed by atoms with E-state index < -0.39 is 0 Å². The van der Waals surface area contributed by atoms with Crippen molar-refractivity contribution in [1.82, 2.24) is 15.2 Å². The summed E-state index contributed by atoms with van der Waals surface area (Å²) in [6.07, 6.45) is 4.28. The van der Waals surface area contributed by atoms with Gasteiger partial charge in [0.05, 0.1) is 12.1 Å². The Labute approximate surface area is 158 Å². The van der Waals surface area contributed by atoms with Crippen LogP contribution in [0.4, 0.5) is 10.3 Å². The number of rotatable bonds is 7. The topological polar surface area (TPSA) is 96.9 Å². The first-order valence-electron chi connectivity index (χ1n) is 8.15. The minimum absolute atomic E-state index is 0.0395. The largest absolute Gasteiger partial charge is 0.302 e. The normalized spacial score (nSPS) is 14.6. The van der Waals surface area contributed by atoms with E-state index in [1.807, 2.05) is 6.92 Å². The Bertz CT molecular complexity index is 739. The van der Waals surface area contributed by atoms with Gasteiger partial charge in [-0.2, -0.15) is 0 Å². The summed E-state index contributed by atoms with van der Waals surface area (Å²) in [5, 5.41) is 16.4. The molecule has 1 fully saturated rings. The molecule has 134 valence electrons. The van der Waals surface area contributed by atoms with Crippen LogP contribution < -0.4 is 10.6 Å². The standard InChI is InChI=1S/C15H19N5O2S3/c1-2-23-15-20-19-14(25-15)17-11(21)7-10-8-24-13(16-10)18-12(22)9-5-3-4-6-9/h8-9H,2-7H2,1H3,(H,16,18,22)(H,17,19,21). The van der Waals surface area contributed by atoms with Crippen molar-refractivity contribution in [2.24, 2.45) is 5.92 Å². The molecule has 0 aliphatic heterocycles. The molecular weight excluding hydrogens is 378 g/mol. The highest BCUT2D eigenvalue weighted by Crippen LogP contribution is 2.27. The number of hydrogen-bond acceptors (Lipinski definition) is 8. The number of carbonyl (C=O) groups excluding carboxylic acids is 2. The van der Waals surface area contributed by atoms with Gasteiger partial charge < -0.3 is 10.6 Å². The molecule has 0 spiro atoms. The predicted molar refractivity (Wildman–Crippen MR) is 101 cm³/mol. The third-order valence-corrected chi connectivity index (χ3v) is 6.43. The molecule has 1 aliphatic rings. The van der Waals surface area contributed by atoms with E-state index in [0.29, 0.717) is 16.0 Å². The molecule has 2 amide bonds. The summed E-state index contributed by atoms with van der Waals surface area (Å²) in [5.41, 5.74) is 0.636. The summed E-state index contributed by atoms with van der Waals surface area (Å²) in [5.74, 6) is 0.862. The second-order valence-electron chi connectivity index (χ2n) is 5.65. The molecule has 1 saturated carbocycles. The predicted octanol–water partition coefficient (Wildman–Crippen LogP) is 3.42. The van der Waals surface area contributed by atoms with Crippen LogP contribution in [-0.4, -0.2) is 32.7 Å². The van der Waals surface area contributed by atoms with Crippen LogP contribution in [-0.2, 0) is 16.0 Å². The lowest BCUT2D eigenvalue weighted by molar-refractivity contribution is -0.119. The first kappa shape index (κ1) is 18.3. The summed E-state index contributed by atoms with van der Waals surface area (Å²) in [6, 6.07) is 0. The number of hydrogen-bond donors (Lipinski definition) is 2. The zero-order valence-electron chi connectivity index (χ0n) is 13.8. The zero-order chi connectivity index (χ0) is 17.6. The van der Waals surface area contributed by atoms with Gasteiger partial charge in [0.25, 0.3) is 0 Å². The number of aromatic nitrogens is 3. The summed E-state index contributed by atoms with van der Waals surface area (Å²) in [7, 11) is 0. The van der Waals surface area contributed by atoms with Crippen molar-refractivity contribution in [3.63, 3.8) is 0 Å². The molecule has 0 aromatic carbocycles. The van der Waals surface area contributed by atoms with E-state index in [1.54, 1.807) is 17.1 Å². The van der Waals surface area contributed by atoms with Crippen LogP contribution in [0.1, 0.15) is 38.3 Å². The lowest BCUT2D eigenvalue weighted by atomic mass is 10.1. The fourth-order valence-electron chi connectivity index (χ4n) is 2.61.